The van der Waals surface area contributed by atoms with Crippen LogP contribution in [0.1, 0.15) is 32.4 Å². The SMILES string of the molecule is CCNC1CCN(Cc2cccnn2)C(C)C1. The molecule has 1 fully saturated rings. The number of hydrogen-bond acceptors (Lipinski definition) is 4. The number of nitrogens with zero attached hydrogens (tertiary/aromatic N) is 3. The lowest BCUT2D eigenvalue weighted by molar-refractivity contribution is 0.127. The highest BCUT2D eigenvalue weighted by atomic mass is 15.2. The van der Waals surface area contributed by atoms with Gasteiger partial charge in [0.2, 0.25) is 0 Å². The second-order valence-electron chi connectivity index (χ2n) is 4.81. The van der Waals surface area contributed by atoms with Crippen molar-refractivity contribution >= 4 is 0 Å². The quantitative estimate of drug-likeness (QED) is 0.856. The van der Waals surface area contributed by atoms with E-state index >= 15 is 0 Å². The first-order valence-corrected chi connectivity index (χ1v) is 6.53. The molecular weight excluding hydrogens is 212 g/mol. The summed E-state index contributed by atoms with van der Waals surface area (Å²) in [6.07, 6.45) is 4.19. The first-order chi connectivity index (χ1) is 8.29. The summed E-state index contributed by atoms with van der Waals surface area (Å²) in [5, 5.41) is 11.6. The van der Waals surface area contributed by atoms with E-state index in [4.69, 9.17) is 0 Å². The molecule has 17 heavy (non-hydrogen) atoms. The fraction of sp³-hybridized carbons (Fsp3) is 0.692. The molecule has 2 rings (SSSR count). The van der Waals surface area contributed by atoms with Gasteiger partial charge in [0.25, 0.3) is 0 Å². The molecule has 0 spiro atoms. The first kappa shape index (κ1) is 12.5. The first-order valence-electron chi connectivity index (χ1n) is 6.53. The second-order valence-corrected chi connectivity index (χ2v) is 4.81. The van der Waals surface area contributed by atoms with Crippen molar-refractivity contribution < 1.29 is 0 Å². The molecule has 2 unspecified atom stereocenters. The van der Waals surface area contributed by atoms with Gasteiger partial charge >= 0.3 is 0 Å². The van der Waals surface area contributed by atoms with Crippen LogP contribution in [0.2, 0.25) is 0 Å². The Bertz CT molecular complexity index is 327. The highest BCUT2D eigenvalue weighted by Gasteiger charge is 2.24. The molecule has 1 aromatic heterocycles. The molecule has 0 aliphatic carbocycles. The number of likely N-dealkylation sites (tertiary alicyclic amines) is 1. The third kappa shape index (κ3) is 3.48. The smallest absolute Gasteiger partial charge is 0.0771 e. The summed E-state index contributed by atoms with van der Waals surface area (Å²) in [5.41, 5.74) is 1.07. The Kier molecular flexibility index (Phi) is 4.45. The molecule has 4 heteroatoms. The molecular formula is C13H22N4. The average molecular weight is 234 g/mol. The molecule has 1 N–H and O–H groups in total. The standard InChI is InChI=1S/C13H22N4/c1-3-14-12-6-8-17(11(2)9-12)10-13-5-4-7-15-16-13/h4-5,7,11-12,14H,3,6,8-10H2,1-2H3. The zero-order chi connectivity index (χ0) is 12.1. The van der Waals surface area contributed by atoms with E-state index in [1.165, 1.54) is 12.8 Å². The molecule has 0 aromatic carbocycles. The Morgan fingerprint density at radius 2 is 2.41 bits per heavy atom. The van der Waals surface area contributed by atoms with E-state index in [0.29, 0.717) is 12.1 Å². The van der Waals surface area contributed by atoms with Gasteiger partial charge in [0.15, 0.2) is 0 Å². The minimum atomic E-state index is 0.620. The molecule has 1 aliphatic heterocycles. The lowest BCUT2D eigenvalue weighted by Gasteiger charge is -2.37. The Balaban J connectivity index is 1.87. The average Bonchev–Trinajstić information content (AvgIpc) is 2.34. The van der Waals surface area contributed by atoms with E-state index < -0.39 is 0 Å². The minimum Gasteiger partial charge on any atom is -0.314 e. The molecule has 2 atom stereocenters. The summed E-state index contributed by atoms with van der Waals surface area (Å²) in [7, 11) is 0. The summed E-state index contributed by atoms with van der Waals surface area (Å²) in [6, 6.07) is 5.32. The van der Waals surface area contributed by atoms with Gasteiger partial charge in [-0.3, -0.25) is 4.90 Å². The Labute approximate surface area is 103 Å². The molecule has 0 saturated carbocycles. The van der Waals surface area contributed by atoms with Gasteiger partial charge in [-0.1, -0.05) is 6.92 Å². The third-order valence-corrected chi connectivity index (χ3v) is 3.50. The molecule has 2 heterocycles. The maximum atomic E-state index is 4.16. The lowest BCUT2D eigenvalue weighted by Crippen LogP contribution is -2.47. The van der Waals surface area contributed by atoms with Crippen LogP contribution in [0.25, 0.3) is 0 Å². The van der Waals surface area contributed by atoms with Gasteiger partial charge in [0, 0.05) is 31.4 Å². The second kappa shape index (κ2) is 6.07. The number of aromatic nitrogens is 2. The molecule has 1 aromatic rings. The molecule has 0 amide bonds. The van der Waals surface area contributed by atoms with Crippen LogP contribution in [0, 0.1) is 0 Å². The largest absolute Gasteiger partial charge is 0.314 e. The molecule has 0 radical (unpaired) electrons. The van der Waals surface area contributed by atoms with Crippen LogP contribution in [0.4, 0.5) is 0 Å². The van der Waals surface area contributed by atoms with E-state index in [-0.39, 0.29) is 0 Å². The molecule has 0 bridgehead atoms. The molecule has 94 valence electrons. The van der Waals surface area contributed by atoms with Gasteiger partial charge in [-0.2, -0.15) is 10.2 Å². The molecule has 4 nitrogen and oxygen atoms in total. The van der Waals surface area contributed by atoms with Crippen molar-refractivity contribution in [3.05, 3.63) is 24.0 Å². The van der Waals surface area contributed by atoms with Crippen LogP contribution < -0.4 is 5.32 Å². The number of piperidine rings is 1. The summed E-state index contributed by atoms with van der Waals surface area (Å²) in [6.45, 7) is 7.63. The Hall–Kier alpha value is -1.00. The van der Waals surface area contributed by atoms with Crippen LogP contribution >= 0.6 is 0 Å². The van der Waals surface area contributed by atoms with Gasteiger partial charge in [-0.15, -0.1) is 0 Å². The van der Waals surface area contributed by atoms with E-state index in [1.807, 2.05) is 6.07 Å². The Morgan fingerprint density at radius 1 is 1.53 bits per heavy atom. The van der Waals surface area contributed by atoms with Crippen molar-refractivity contribution in [2.45, 2.75) is 45.3 Å². The van der Waals surface area contributed by atoms with Crippen LogP contribution in [0.15, 0.2) is 18.3 Å². The van der Waals surface area contributed by atoms with Crippen molar-refractivity contribution in [1.82, 2.24) is 20.4 Å². The number of rotatable bonds is 4. The summed E-state index contributed by atoms with van der Waals surface area (Å²) in [5.74, 6) is 0. The monoisotopic (exact) mass is 234 g/mol. The van der Waals surface area contributed by atoms with Gasteiger partial charge in [0.1, 0.15) is 0 Å². The zero-order valence-corrected chi connectivity index (χ0v) is 10.8. The van der Waals surface area contributed by atoms with Crippen molar-refractivity contribution in [3.8, 4) is 0 Å². The van der Waals surface area contributed by atoms with E-state index in [2.05, 4.69) is 40.3 Å². The fourth-order valence-corrected chi connectivity index (χ4v) is 2.56. The summed E-state index contributed by atoms with van der Waals surface area (Å²) in [4.78, 5) is 2.50. The van der Waals surface area contributed by atoms with Crippen LogP contribution in [-0.4, -0.2) is 40.3 Å². The Morgan fingerprint density at radius 3 is 3.06 bits per heavy atom. The lowest BCUT2D eigenvalue weighted by atomic mass is 9.98. The maximum absolute atomic E-state index is 4.16. The minimum absolute atomic E-state index is 0.620. The third-order valence-electron chi connectivity index (χ3n) is 3.50. The van der Waals surface area contributed by atoms with Crippen LogP contribution in [0.5, 0.6) is 0 Å². The van der Waals surface area contributed by atoms with Crippen molar-refractivity contribution in [1.29, 1.82) is 0 Å². The predicted octanol–water partition coefficient (Wildman–Crippen LogP) is 1.44. The number of hydrogen-bond donors (Lipinski definition) is 1. The maximum Gasteiger partial charge on any atom is 0.0771 e. The highest BCUT2D eigenvalue weighted by molar-refractivity contribution is 5.00. The highest BCUT2D eigenvalue weighted by Crippen LogP contribution is 2.18. The van der Waals surface area contributed by atoms with E-state index in [1.54, 1.807) is 6.20 Å². The van der Waals surface area contributed by atoms with Crippen molar-refractivity contribution in [3.63, 3.8) is 0 Å². The van der Waals surface area contributed by atoms with Crippen LogP contribution in [-0.2, 0) is 6.54 Å². The van der Waals surface area contributed by atoms with Gasteiger partial charge < -0.3 is 5.32 Å². The van der Waals surface area contributed by atoms with E-state index in [9.17, 15) is 0 Å². The molecule has 1 saturated heterocycles. The van der Waals surface area contributed by atoms with Gasteiger partial charge in [0.05, 0.1) is 5.69 Å². The van der Waals surface area contributed by atoms with Gasteiger partial charge in [-0.25, -0.2) is 0 Å². The fourth-order valence-electron chi connectivity index (χ4n) is 2.56. The predicted molar refractivity (Wildman–Crippen MR) is 68.6 cm³/mol. The van der Waals surface area contributed by atoms with Crippen molar-refractivity contribution in [2.75, 3.05) is 13.1 Å². The summed E-state index contributed by atoms with van der Waals surface area (Å²) >= 11 is 0. The molecule has 1 aliphatic rings. The number of nitrogens with one attached hydrogen (secondary N) is 1. The van der Waals surface area contributed by atoms with E-state index in [0.717, 1.165) is 25.3 Å². The topological polar surface area (TPSA) is 41.0 Å². The normalized spacial score (nSPS) is 26.0. The van der Waals surface area contributed by atoms with Crippen LogP contribution in [0.3, 0.4) is 0 Å². The zero-order valence-electron chi connectivity index (χ0n) is 10.8. The van der Waals surface area contributed by atoms with Gasteiger partial charge in [-0.05, 0) is 38.4 Å². The summed E-state index contributed by atoms with van der Waals surface area (Å²) < 4.78 is 0. The van der Waals surface area contributed by atoms with Crippen molar-refractivity contribution in [2.24, 2.45) is 0 Å².